The Balaban J connectivity index is 2.33. The van der Waals surface area contributed by atoms with E-state index in [0.29, 0.717) is 5.92 Å². The molecule has 2 aromatic rings. The molecule has 0 aliphatic carbocycles. The van der Waals surface area contributed by atoms with E-state index in [1.54, 1.807) is 0 Å². The summed E-state index contributed by atoms with van der Waals surface area (Å²) >= 11 is 0. The maximum atomic E-state index is 4.55. The third-order valence-corrected chi connectivity index (χ3v) is 3.41. The number of benzene rings is 1. The van der Waals surface area contributed by atoms with Gasteiger partial charge < -0.3 is 0 Å². The van der Waals surface area contributed by atoms with E-state index in [9.17, 15) is 0 Å². The van der Waals surface area contributed by atoms with Gasteiger partial charge in [-0.3, -0.25) is 4.98 Å². The lowest BCUT2D eigenvalue weighted by Gasteiger charge is -2.09. The third-order valence-electron chi connectivity index (χ3n) is 3.41. The molecule has 0 saturated carbocycles. The summed E-state index contributed by atoms with van der Waals surface area (Å²) in [6.45, 7) is 8.18. The molecule has 0 amide bonds. The Morgan fingerprint density at radius 3 is 2.89 bits per heavy atom. The Bertz CT molecular complexity index is 590. The van der Waals surface area contributed by atoms with Crippen LogP contribution in [-0.4, -0.2) is 4.98 Å². The zero-order chi connectivity index (χ0) is 13.7. The third kappa shape index (κ3) is 3.31. The van der Waals surface area contributed by atoms with Crippen molar-refractivity contribution in [2.24, 2.45) is 5.92 Å². The molecule has 0 aliphatic rings. The van der Waals surface area contributed by atoms with Gasteiger partial charge in [0.05, 0.1) is 5.69 Å². The van der Waals surface area contributed by atoms with Crippen LogP contribution < -0.4 is 0 Å². The predicted molar refractivity (Wildman–Crippen MR) is 84.0 cm³/mol. The molecule has 1 nitrogen and oxygen atoms in total. The fourth-order valence-electron chi connectivity index (χ4n) is 2.40. The zero-order valence-corrected chi connectivity index (χ0v) is 11.8. The summed E-state index contributed by atoms with van der Waals surface area (Å²) in [4.78, 5) is 4.55. The van der Waals surface area contributed by atoms with E-state index < -0.39 is 0 Å². The van der Waals surface area contributed by atoms with Gasteiger partial charge in [0, 0.05) is 11.6 Å². The molecule has 1 aromatic heterocycles. The van der Waals surface area contributed by atoms with Gasteiger partial charge in [-0.05, 0) is 42.7 Å². The lowest BCUT2D eigenvalue weighted by molar-refractivity contribution is 0.659. The first kappa shape index (κ1) is 13.5. The Morgan fingerprint density at radius 1 is 1.32 bits per heavy atom. The van der Waals surface area contributed by atoms with Crippen molar-refractivity contribution in [2.75, 3.05) is 0 Å². The average molecular weight is 251 g/mol. The summed E-state index contributed by atoms with van der Waals surface area (Å²) < 4.78 is 0. The number of fused-ring (bicyclic) bond motifs is 1. The topological polar surface area (TPSA) is 12.9 Å². The van der Waals surface area contributed by atoms with Crippen molar-refractivity contribution in [1.82, 2.24) is 4.98 Å². The molecule has 0 saturated heterocycles. The van der Waals surface area contributed by atoms with Gasteiger partial charge in [-0.15, -0.1) is 6.58 Å². The minimum absolute atomic E-state index is 0.554. The molecular formula is C18H21N. The molecule has 1 heteroatoms. The molecular weight excluding hydrogens is 230 g/mol. The first-order chi connectivity index (χ1) is 9.22. The van der Waals surface area contributed by atoms with Crippen LogP contribution in [0.25, 0.3) is 16.3 Å². The Morgan fingerprint density at radius 2 is 2.11 bits per heavy atom. The smallest absolute Gasteiger partial charge is 0.0734 e. The van der Waals surface area contributed by atoms with Crippen LogP contribution in [0.15, 0.2) is 55.3 Å². The number of rotatable bonds is 5. The van der Waals surface area contributed by atoms with Gasteiger partial charge in [-0.1, -0.05) is 43.3 Å². The molecule has 0 radical (unpaired) electrons. The highest BCUT2D eigenvalue weighted by molar-refractivity contribution is 5.91. The molecule has 0 fully saturated rings. The fourth-order valence-corrected chi connectivity index (χ4v) is 2.40. The van der Waals surface area contributed by atoms with Gasteiger partial charge in [-0.25, -0.2) is 0 Å². The number of hydrogen-bond donors (Lipinski definition) is 0. The number of hydrogen-bond acceptors (Lipinski definition) is 1. The number of allylic oxidation sites excluding steroid dienone is 3. The van der Waals surface area contributed by atoms with Crippen LogP contribution in [0.4, 0.5) is 0 Å². The zero-order valence-electron chi connectivity index (χ0n) is 11.8. The maximum absolute atomic E-state index is 4.55. The van der Waals surface area contributed by atoms with Crippen LogP contribution in [-0.2, 0) is 0 Å². The Hall–Kier alpha value is -1.89. The largest absolute Gasteiger partial charge is 0.256 e. The summed E-state index contributed by atoms with van der Waals surface area (Å²) in [5, 5.41) is 2.48. The molecule has 0 spiro atoms. The molecule has 19 heavy (non-hydrogen) atoms. The first-order valence-electron chi connectivity index (χ1n) is 6.86. The molecule has 1 aromatic carbocycles. The number of pyridine rings is 1. The van der Waals surface area contributed by atoms with Gasteiger partial charge in [0.25, 0.3) is 0 Å². The highest BCUT2D eigenvalue weighted by atomic mass is 14.7. The minimum atomic E-state index is 0.554. The van der Waals surface area contributed by atoms with Crippen molar-refractivity contribution in [1.29, 1.82) is 0 Å². The fraction of sp³-hybridized carbons (Fsp3) is 0.278. The number of aromatic nitrogens is 1. The van der Waals surface area contributed by atoms with Crippen LogP contribution in [0.3, 0.4) is 0 Å². The van der Waals surface area contributed by atoms with E-state index in [-0.39, 0.29) is 0 Å². The second-order valence-corrected chi connectivity index (χ2v) is 5.07. The van der Waals surface area contributed by atoms with Crippen molar-refractivity contribution in [2.45, 2.75) is 26.7 Å². The van der Waals surface area contributed by atoms with E-state index in [4.69, 9.17) is 0 Å². The quantitative estimate of drug-likeness (QED) is 0.662. The van der Waals surface area contributed by atoms with Crippen LogP contribution in [0, 0.1) is 5.92 Å². The monoisotopic (exact) mass is 251 g/mol. The highest BCUT2D eigenvalue weighted by Crippen LogP contribution is 2.24. The van der Waals surface area contributed by atoms with Crippen LogP contribution >= 0.6 is 0 Å². The number of nitrogens with zero attached hydrogens (tertiary/aromatic N) is 1. The molecule has 0 aliphatic heterocycles. The molecule has 1 unspecified atom stereocenters. The van der Waals surface area contributed by atoms with Crippen molar-refractivity contribution in [3.05, 3.63) is 61.0 Å². The Labute approximate surface area is 115 Å². The van der Waals surface area contributed by atoms with Gasteiger partial charge in [0.15, 0.2) is 0 Å². The van der Waals surface area contributed by atoms with Gasteiger partial charge in [-0.2, -0.15) is 0 Å². The van der Waals surface area contributed by atoms with Gasteiger partial charge in [0.1, 0.15) is 0 Å². The molecule has 1 atom stereocenters. The average Bonchev–Trinajstić information content (AvgIpc) is 2.44. The second kappa shape index (κ2) is 6.33. The molecule has 0 N–H and O–H groups in total. The lowest BCUT2D eigenvalue weighted by Crippen LogP contribution is -1.93. The molecule has 1 heterocycles. The van der Waals surface area contributed by atoms with Crippen LogP contribution in [0.5, 0.6) is 0 Å². The SMILES string of the molecule is C=CCCC(C)/C=C(/C)c1nccc2ccccc12. The van der Waals surface area contributed by atoms with E-state index in [1.807, 2.05) is 12.3 Å². The predicted octanol–water partition coefficient (Wildman–Crippen LogP) is 5.24. The van der Waals surface area contributed by atoms with E-state index in [2.05, 4.69) is 61.8 Å². The molecule has 0 bridgehead atoms. The lowest BCUT2D eigenvalue weighted by atomic mass is 9.99. The molecule has 98 valence electrons. The maximum Gasteiger partial charge on any atom is 0.0734 e. The van der Waals surface area contributed by atoms with E-state index >= 15 is 0 Å². The van der Waals surface area contributed by atoms with Gasteiger partial charge in [0.2, 0.25) is 0 Å². The second-order valence-electron chi connectivity index (χ2n) is 5.07. The van der Waals surface area contributed by atoms with E-state index in [0.717, 1.165) is 18.5 Å². The van der Waals surface area contributed by atoms with Crippen molar-refractivity contribution >= 4 is 16.3 Å². The summed E-state index contributed by atoms with van der Waals surface area (Å²) in [5.74, 6) is 0.554. The van der Waals surface area contributed by atoms with Crippen molar-refractivity contribution in [3.63, 3.8) is 0 Å². The van der Waals surface area contributed by atoms with Crippen molar-refractivity contribution < 1.29 is 0 Å². The molecule has 2 rings (SSSR count). The summed E-state index contributed by atoms with van der Waals surface area (Å²) in [6, 6.07) is 10.5. The van der Waals surface area contributed by atoms with Gasteiger partial charge >= 0.3 is 0 Å². The first-order valence-corrected chi connectivity index (χ1v) is 6.86. The van der Waals surface area contributed by atoms with Crippen LogP contribution in [0.2, 0.25) is 0 Å². The highest BCUT2D eigenvalue weighted by Gasteiger charge is 2.05. The minimum Gasteiger partial charge on any atom is -0.256 e. The standard InChI is InChI=1S/C18H21N/c1-4-5-8-14(2)13-15(3)18-17-10-7-6-9-16(17)11-12-19-18/h4,6-7,9-14H,1,5,8H2,2-3H3/b15-13-. The summed E-state index contributed by atoms with van der Waals surface area (Å²) in [5.41, 5.74) is 2.36. The van der Waals surface area contributed by atoms with E-state index in [1.165, 1.54) is 16.3 Å². The normalized spacial score (nSPS) is 13.5. The summed E-state index contributed by atoms with van der Waals surface area (Å²) in [6.07, 6.45) is 8.40. The summed E-state index contributed by atoms with van der Waals surface area (Å²) in [7, 11) is 0. The van der Waals surface area contributed by atoms with Crippen LogP contribution in [0.1, 0.15) is 32.4 Å². The Kier molecular flexibility index (Phi) is 4.51. The van der Waals surface area contributed by atoms with Crippen molar-refractivity contribution in [3.8, 4) is 0 Å².